The summed E-state index contributed by atoms with van der Waals surface area (Å²) >= 11 is 0. The Labute approximate surface area is 89.2 Å². The van der Waals surface area contributed by atoms with E-state index in [0.29, 0.717) is 11.3 Å². The lowest BCUT2D eigenvalue weighted by Crippen LogP contribution is -2.06. The predicted molar refractivity (Wildman–Crippen MR) is 57.4 cm³/mol. The molecule has 1 aromatic carbocycles. The van der Waals surface area contributed by atoms with Crippen molar-refractivity contribution >= 4 is 0 Å². The molecule has 0 unspecified atom stereocenters. The minimum absolute atomic E-state index is 0.0169. The van der Waals surface area contributed by atoms with Gasteiger partial charge in [-0.1, -0.05) is 19.9 Å². The summed E-state index contributed by atoms with van der Waals surface area (Å²) in [4.78, 5) is 0. The number of nitrogens with two attached hydrogens (primary N) is 1. The van der Waals surface area contributed by atoms with Crippen molar-refractivity contribution < 1.29 is 9.13 Å². The molecule has 1 fully saturated rings. The van der Waals surface area contributed by atoms with Gasteiger partial charge in [-0.25, -0.2) is 4.39 Å². The Bertz CT molecular complexity index is 389. The fourth-order valence-electron chi connectivity index (χ4n) is 2.23. The van der Waals surface area contributed by atoms with Crippen LogP contribution in [0.15, 0.2) is 18.2 Å². The van der Waals surface area contributed by atoms with E-state index >= 15 is 0 Å². The van der Waals surface area contributed by atoms with Crippen molar-refractivity contribution in [1.29, 1.82) is 0 Å². The Morgan fingerprint density at radius 3 is 2.47 bits per heavy atom. The fraction of sp³-hybridized carbons (Fsp3) is 0.500. The van der Waals surface area contributed by atoms with Crippen molar-refractivity contribution in [3.63, 3.8) is 0 Å². The van der Waals surface area contributed by atoms with Crippen LogP contribution in [0.25, 0.3) is 0 Å². The minimum atomic E-state index is -0.222. The van der Waals surface area contributed by atoms with E-state index in [2.05, 4.69) is 0 Å². The van der Waals surface area contributed by atoms with E-state index in [-0.39, 0.29) is 23.2 Å². The van der Waals surface area contributed by atoms with Crippen molar-refractivity contribution in [3.05, 3.63) is 29.6 Å². The first-order valence-electron chi connectivity index (χ1n) is 5.08. The molecule has 0 amide bonds. The number of benzene rings is 1. The molecule has 0 heterocycles. The maximum Gasteiger partial charge on any atom is 0.130 e. The molecule has 1 aromatic rings. The molecule has 0 spiro atoms. The molecule has 3 heteroatoms. The molecule has 2 rings (SSSR count). The van der Waals surface area contributed by atoms with Gasteiger partial charge < -0.3 is 10.5 Å². The smallest absolute Gasteiger partial charge is 0.130 e. The van der Waals surface area contributed by atoms with E-state index in [1.165, 1.54) is 6.07 Å². The highest BCUT2D eigenvalue weighted by molar-refractivity contribution is 5.45. The second-order valence-corrected chi connectivity index (χ2v) is 4.68. The number of methoxy groups -OCH3 is 1. The van der Waals surface area contributed by atoms with Gasteiger partial charge in [0.15, 0.2) is 0 Å². The number of hydrogen-bond acceptors (Lipinski definition) is 2. The summed E-state index contributed by atoms with van der Waals surface area (Å²) in [5.74, 6) is 0.440. The van der Waals surface area contributed by atoms with Crippen LogP contribution in [0.5, 0.6) is 5.75 Å². The van der Waals surface area contributed by atoms with Crippen molar-refractivity contribution in [3.8, 4) is 5.75 Å². The summed E-state index contributed by atoms with van der Waals surface area (Å²) in [6.07, 6.45) is 0. The molecule has 0 bridgehead atoms. The number of rotatable bonds is 2. The van der Waals surface area contributed by atoms with Gasteiger partial charge >= 0.3 is 0 Å². The average Bonchev–Trinajstić information content (AvgIpc) is 2.66. The second-order valence-electron chi connectivity index (χ2n) is 4.68. The highest BCUT2D eigenvalue weighted by atomic mass is 19.1. The predicted octanol–water partition coefficient (Wildman–Crippen LogP) is 2.29. The second kappa shape index (κ2) is 3.20. The van der Waals surface area contributed by atoms with Crippen molar-refractivity contribution in [1.82, 2.24) is 0 Å². The highest BCUT2D eigenvalue weighted by Crippen LogP contribution is 2.59. The maximum absolute atomic E-state index is 13.7. The first-order chi connectivity index (χ1) is 7.00. The molecule has 0 aliphatic heterocycles. The zero-order chi connectivity index (χ0) is 11.2. The van der Waals surface area contributed by atoms with Crippen LogP contribution in [0.1, 0.15) is 25.3 Å². The number of halogens is 1. The third-order valence-electron chi connectivity index (χ3n) is 3.45. The Kier molecular flexibility index (Phi) is 2.23. The van der Waals surface area contributed by atoms with Crippen molar-refractivity contribution in [2.24, 2.45) is 11.1 Å². The minimum Gasteiger partial charge on any atom is -0.496 e. The molecular weight excluding hydrogens is 193 g/mol. The summed E-state index contributed by atoms with van der Waals surface area (Å²) in [6.45, 7) is 4.10. The highest BCUT2D eigenvalue weighted by Gasteiger charge is 2.58. The van der Waals surface area contributed by atoms with Crippen LogP contribution in [-0.2, 0) is 0 Å². The Morgan fingerprint density at radius 2 is 2.00 bits per heavy atom. The molecule has 0 saturated heterocycles. The van der Waals surface area contributed by atoms with E-state index in [4.69, 9.17) is 10.5 Å². The molecule has 2 atom stereocenters. The molecule has 82 valence electrons. The van der Waals surface area contributed by atoms with E-state index in [1.807, 2.05) is 13.8 Å². The van der Waals surface area contributed by atoms with Crippen molar-refractivity contribution in [2.45, 2.75) is 25.8 Å². The van der Waals surface area contributed by atoms with Gasteiger partial charge in [-0.15, -0.1) is 0 Å². The molecule has 2 N–H and O–H groups in total. The van der Waals surface area contributed by atoms with Crippen LogP contribution in [0.3, 0.4) is 0 Å². The molecule has 2 nitrogen and oxygen atoms in total. The van der Waals surface area contributed by atoms with Gasteiger partial charge in [-0.3, -0.25) is 0 Å². The molecule has 1 aliphatic rings. The molecular formula is C12H16FNO. The first-order valence-corrected chi connectivity index (χ1v) is 5.08. The van der Waals surface area contributed by atoms with Gasteiger partial charge in [-0.2, -0.15) is 0 Å². The van der Waals surface area contributed by atoms with E-state index in [1.54, 1.807) is 19.2 Å². The summed E-state index contributed by atoms with van der Waals surface area (Å²) < 4.78 is 18.9. The van der Waals surface area contributed by atoms with Gasteiger partial charge in [0, 0.05) is 17.5 Å². The molecule has 1 saturated carbocycles. The summed E-state index contributed by atoms with van der Waals surface area (Å²) in [5.41, 5.74) is 6.54. The molecule has 0 radical (unpaired) electrons. The number of ether oxygens (including phenoxy) is 1. The van der Waals surface area contributed by atoms with Crippen LogP contribution in [-0.4, -0.2) is 13.2 Å². The molecule has 15 heavy (non-hydrogen) atoms. The van der Waals surface area contributed by atoms with Gasteiger partial charge in [0.1, 0.15) is 11.6 Å². The van der Waals surface area contributed by atoms with E-state index in [0.717, 1.165) is 0 Å². The maximum atomic E-state index is 13.7. The third-order valence-corrected chi connectivity index (χ3v) is 3.45. The quantitative estimate of drug-likeness (QED) is 0.811. The van der Waals surface area contributed by atoms with E-state index in [9.17, 15) is 4.39 Å². The van der Waals surface area contributed by atoms with Crippen LogP contribution in [0, 0.1) is 11.2 Å². The van der Waals surface area contributed by atoms with Crippen LogP contribution in [0.4, 0.5) is 4.39 Å². The summed E-state index contributed by atoms with van der Waals surface area (Å²) in [6, 6.07) is 4.90. The van der Waals surface area contributed by atoms with Gasteiger partial charge in [-0.05, 0) is 17.5 Å². The van der Waals surface area contributed by atoms with Crippen LogP contribution < -0.4 is 10.5 Å². The summed E-state index contributed by atoms with van der Waals surface area (Å²) in [7, 11) is 1.55. The normalized spacial score (nSPS) is 27.5. The molecule has 0 aromatic heterocycles. The summed E-state index contributed by atoms with van der Waals surface area (Å²) in [5, 5.41) is 0. The largest absolute Gasteiger partial charge is 0.496 e. The zero-order valence-corrected chi connectivity index (χ0v) is 9.25. The molecule has 1 aliphatic carbocycles. The lowest BCUT2D eigenvalue weighted by atomic mass is 10.0. The average molecular weight is 209 g/mol. The zero-order valence-electron chi connectivity index (χ0n) is 9.25. The Balaban J connectivity index is 2.45. The van der Waals surface area contributed by atoms with Gasteiger partial charge in [0.25, 0.3) is 0 Å². The lowest BCUT2D eigenvalue weighted by molar-refractivity contribution is 0.402. The van der Waals surface area contributed by atoms with Gasteiger partial charge in [0.2, 0.25) is 0 Å². The standard InChI is InChI=1S/C12H16FNO/c1-12(2)10(11(12)14)9-7(13)5-4-6-8(9)15-3/h4-6,10-11H,14H2,1-3H3/t10-,11-/m0/s1. The van der Waals surface area contributed by atoms with E-state index < -0.39 is 0 Å². The van der Waals surface area contributed by atoms with Crippen LogP contribution >= 0.6 is 0 Å². The van der Waals surface area contributed by atoms with Crippen molar-refractivity contribution in [2.75, 3.05) is 7.11 Å². The SMILES string of the molecule is COc1cccc(F)c1[C@H]1[C@H](N)C1(C)C. The third kappa shape index (κ3) is 1.42. The van der Waals surface area contributed by atoms with Crippen LogP contribution in [0.2, 0.25) is 0 Å². The first kappa shape index (κ1) is 10.4. The van der Waals surface area contributed by atoms with Gasteiger partial charge in [0.05, 0.1) is 7.11 Å². The Hall–Kier alpha value is -1.09. The monoisotopic (exact) mass is 209 g/mol. The Morgan fingerprint density at radius 1 is 1.40 bits per heavy atom. The lowest BCUT2D eigenvalue weighted by Gasteiger charge is -2.10. The topological polar surface area (TPSA) is 35.2 Å². The fourth-order valence-corrected chi connectivity index (χ4v) is 2.23. The number of hydrogen-bond donors (Lipinski definition) is 1.